The van der Waals surface area contributed by atoms with Gasteiger partial charge in [0.15, 0.2) is 0 Å². The molecule has 1 aromatic rings. The topological polar surface area (TPSA) is 40.5 Å². The summed E-state index contributed by atoms with van der Waals surface area (Å²) in [5.41, 5.74) is 2.51. The van der Waals surface area contributed by atoms with E-state index in [9.17, 15) is 4.79 Å². The van der Waals surface area contributed by atoms with Crippen LogP contribution in [-0.2, 0) is 10.5 Å². The second kappa shape index (κ2) is 6.96. The number of aliphatic hydroxyl groups is 1. The van der Waals surface area contributed by atoms with Crippen LogP contribution in [0.1, 0.15) is 24.0 Å². The Kier molecular flexibility index (Phi) is 5.28. The molecule has 0 aromatic heterocycles. The molecule has 1 aliphatic carbocycles. The van der Waals surface area contributed by atoms with Crippen LogP contribution in [0.15, 0.2) is 24.3 Å². The van der Waals surface area contributed by atoms with E-state index in [-0.39, 0.29) is 12.5 Å². The van der Waals surface area contributed by atoms with Crippen LogP contribution in [-0.4, -0.2) is 40.9 Å². The maximum Gasteiger partial charge on any atom is 0.232 e. The zero-order valence-corrected chi connectivity index (χ0v) is 12.2. The quantitative estimate of drug-likeness (QED) is 0.832. The minimum atomic E-state index is 0.0604. The fourth-order valence-electron chi connectivity index (χ4n) is 2.03. The number of nitrogens with zero attached hydrogens (tertiary/aromatic N) is 1. The largest absolute Gasteiger partial charge is 0.395 e. The number of hydrogen-bond acceptors (Lipinski definition) is 3. The van der Waals surface area contributed by atoms with Gasteiger partial charge in [-0.15, -0.1) is 11.8 Å². The van der Waals surface area contributed by atoms with E-state index in [1.54, 1.807) is 11.8 Å². The Morgan fingerprint density at radius 1 is 1.37 bits per heavy atom. The van der Waals surface area contributed by atoms with Gasteiger partial charge in [-0.05, 0) is 25.3 Å². The summed E-state index contributed by atoms with van der Waals surface area (Å²) in [6.07, 6.45) is 2.18. The Morgan fingerprint density at radius 2 is 2.05 bits per heavy atom. The van der Waals surface area contributed by atoms with Gasteiger partial charge in [0.25, 0.3) is 0 Å². The number of carbonyl (C=O) groups is 1. The molecule has 0 unspecified atom stereocenters. The highest BCUT2D eigenvalue weighted by molar-refractivity contribution is 7.99. The van der Waals surface area contributed by atoms with E-state index in [2.05, 4.69) is 31.2 Å². The summed E-state index contributed by atoms with van der Waals surface area (Å²) in [5, 5.41) is 8.99. The molecule has 2 rings (SSSR count). The summed E-state index contributed by atoms with van der Waals surface area (Å²) >= 11 is 1.65. The summed E-state index contributed by atoms with van der Waals surface area (Å²) in [5.74, 6) is 1.53. The number of amides is 1. The summed E-state index contributed by atoms with van der Waals surface area (Å²) in [6.45, 7) is 2.61. The smallest absolute Gasteiger partial charge is 0.232 e. The van der Waals surface area contributed by atoms with Crippen LogP contribution in [0.2, 0.25) is 0 Å². The zero-order chi connectivity index (χ0) is 13.7. The average molecular weight is 279 g/mol. The highest BCUT2D eigenvalue weighted by Crippen LogP contribution is 2.27. The summed E-state index contributed by atoms with van der Waals surface area (Å²) in [6, 6.07) is 8.80. The highest BCUT2D eigenvalue weighted by atomic mass is 32.2. The minimum Gasteiger partial charge on any atom is -0.395 e. The third kappa shape index (κ3) is 4.55. The summed E-state index contributed by atoms with van der Waals surface area (Å²) < 4.78 is 0. The van der Waals surface area contributed by atoms with Crippen LogP contribution in [0.5, 0.6) is 0 Å². The molecule has 3 nitrogen and oxygen atoms in total. The van der Waals surface area contributed by atoms with E-state index >= 15 is 0 Å². The van der Waals surface area contributed by atoms with Crippen molar-refractivity contribution in [1.29, 1.82) is 0 Å². The molecule has 1 aromatic carbocycles. The number of benzene rings is 1. The first-order valence-corrected chi connectivity index (χ1v) is 7.90. The molecule has 1 N–H and O–H groups in total. The molecule has 1 fully saturated rings. The van der Waals surface area contributed by atoms with Gasteiger partial charge < -0.3 is 10.0 Å². The lowest BCUT2D eigenvalue weighted by molar-refractivity contribution is -0.129. The number of hydrogen-bond donors (Lipinski definition) is 1. The molecule has 0 atom stereocenters. The van der Waals surface area contributed by atoms with E-state index in [0.717, 1.165) is 18.6 Å². The van der Waals surface area contributed by atoms with Crippen molar-refractivity contribution in [3.63, 3.8) is 0 Å². The third-order valence-electron chi connectivity index (χ3n) is 3.26. The van der Waals surface area contributed by atoms with Crippen molar-refractivity contribution >= 4 is 17.7 Å². The Bertz CT molecular complexity index is 415. The van der Waals surface area contributed by atoms with Gasteiger partial charge in [0.1, 0.15) is 0 Å². The summed E-state index contributed by atoms with van der Waals surface area (Å²) in [7, 11) is 0. The lowest BCUT2D eigenvalue weighted by Crippen LogP contribution is -2.36. The van der Waals surface area contributed by atoms with Gasteiger partial charge in [-0.2, -0.15) is 0 Å². The first-order valence-electron chi connectivity index (χ1n) is 6.74. The molecule has 4 heteroatoms. The highest BCUT2D eigenvalue weighted by Gasteiger charge is 2.31. The Labute approximate surface area is 119 Å². The molecule has 1 amide bonds. The molecule has 0 saturated heterocycles. The van der Waals surface area contributed by atoms with Crippen molar-refractivity contribution in [3.05, 3.63) is 35.4 Å². The molecular formula is C15H21NO2S. The van der Waals surface area contributed by atoms with E-state index in [4.69, 9.17) is 5.11 Å². The second-order valence-electron chi connectivity index (χ2n) is 5.02. The molecule has 1 aliphatic rings. The van der Waals surface area contributed by atoms with Crippen molar-refractivity contribution in [2.24, 2.45) is 0 Å². The predicted octanol–water partition coefficient (Wildman–Crippen LogP) is 2.21. The van der Waals surface area contributed by atoms with E-state index in [0.29, 0.717) is 18.3 Å². The Balaban J connectivity index is 1.75. The van der Waals surface area contributed by atoms with E-state index < -0.39 is 0 Å². The van der Waals surface area contributed by atoms with Gasteiger partial charge in [-0.3, -0.25) is 4.79 Å². The van der Waals surface area contributed by atoms with Crippen LogP contribution < -0.4 is 0 Å². The average Bonchev–Trinajstić information content (AvgIpc) is 3.22. The normalized spacial score (nSPS) is 14.4. The van der Waals surface area contributed by atoms with E-state index in [1.165, 1.54) is 11.1 Å². The fourth-order valence-corrected chi connectivity index (χ4v) is 2.90. The maximum atomic E-state index is 12.1. The van der Waals surface area contributed by atoms with Crippen molar-refractivity contribution in [2.75, 3.05) is 18.9 Å². The number of carbonyl (C=O) groups excluding carboxylic acids is 1. The third-order valence-corrected chi connectivity index (χ3v) is 4.25. The van der Waals surface area contributed by atoms with Crippen molar-refractivity contribution < 1.29 is 9.90 Å². The molecular weight excluding hydrogens is 258 g/mol. The molecule has 1 saturated carbocycles. The molecule has 104 valence electrons. The first kappa shape index (κ1) is 14.4. The Morgan fingerprint density at radius 3 is 2.63 bits per heavy atom. The molecule has 0 heterocycles. The van der Waals surface area contributed by atoms with Crippen LogP contribution in [0.4, 0.5) is 0 Å². The van der Waals surface area contributed by atoms with Crippen LogP contribution >= 0.6 is 11.8 Å². The van der Waals surface area contributed by atoms with Gasteiger partial charge in [0.2, 0.25) is 5.91 Å². The zero-order valence-electron chi connectivity index (χ0n) is 11.3. The van der Waals surface area contributed by atoms with Crippen LogP contribution in [0, 0.1) is 6.92 Å². The fraction of sp³-hybridized carbons (Fsp3) is 0.533. The lowest BCUT2D eigenvalue weighted by Gasteiger charge is -2.21. The standard InChI is InChI=1S/C15H21NO2S/c1-12-2-4-13(5-3-12)10-19-11-15(18)16(8-9-17)14-6-7-14/h2-5,14,17H,6-11H2,1H3. The van der Waals surface area contributed by atoms with Crippen molar-refractivity contribution in [1.82, 2.24) is 4.90 Å². The molecule has 0 spiro atoms. The predicted molar refractivity (Wildman–Crippen MR) is 79.2 cm³/mol. The maximum absolute atomic E-state index is 12.1. The number of rotatable bonds is 7. The molecule has 19 heavy (non-hydrogen) atoms. The van der Waals surface area contributed by atoms with Crippen molar-refractivity contribution in [2.45, 2.75) is 31.6 Å². The number of aryl methyl sites for hydroxylation is 1. The van der Waals surface area contributed by atoms with Crippen LogP contribution in [0.25, 0.3) is 0 Å². The number of thioether (sulfide) groups is 1. The second-order valence-corrected chi connectivity index (χ2v) is 6.01. The van der Waals surface area contributed by atoms with Crippen LogP contribution in [0.3, 0.4) is 0 Å². The van der Waals surface area contributed by atoms with Gasteiger partial charge in [0.05, 0.1) is 12.4 Å². The number of aliphatic hydroxyl groups excluding tert-OH is 1. The Hall–Kier alpha value is -1.00. The SMILES string of the molecule is Cc1ccc(CSCC(=O)N(CCO)C2CC2)cc1. The van der Waals surface area contributed by atoms with Gasteiger partial charge in [0, 0.05) is 18.3 Å². The molecule has 0 aliphatic heterocycles. The van der Waals surface area contributed by atoms with Gasteiger partial charge >= 0.3 is 0 Å². The molecule has 0 bridgehead atoms. The summed E-state index contributed by atoms with van der Waals surface area (Å²) in [4.78, 5) is 13.9. The monoisotopic (exact) mass is 279 g/mol. The minimum absolute atomic E-state index is 0.0604. The lowest BCUT2D eigenvalue weighted by atomic mass is 10.2. The molecule has 0 radical (unpaired) electrons. The van der Waals surface area contributed by atoms with E-state index in [1.807, 2.05) is 4.90 Å². The van der Waals surface area contributed by atoms with Gasteiger partial charge in [-0.1, -0.05) is 29.8 Å². The van der Waals surface area contributed by atoms with Gasteiger partial charge in [-0.25, -0.2) is 0 Å². The first-order chi connectivity index (χ1) is 9.20. The van der Waals surface area contributed by atoms with Crippen molar-refractivity contribution in [3.8, 4) is 0 Å².